The van der Waals surface area contributed by atoms with E-state index in [4.69, 9.17) is 0 Å². The molecule has 1 saturated heterocycles. The van der Waals surface area contributed by atoms with Crippen molar-refractivity contribution in [3.8, 4) is 0 Å². The molecule has 1 saturated carbocycles. The van der Waals surface area contributed by atoms with Gasteiger partial charge in [0.1, 0.15) is 5.54 Å². The Morgan fingerprint density at radius 1 is 1.08 bits per heavy atom. The number of nitrogens with zero attached hydrogens (tertiary/aromatic N) is 3. The summed E-state index contributed by atoms with van der Waals surface area (Å²) in [4.78, 5) is 50.8. The Balaban J connectivity index is 1.98. The van der Waals surface area contributed by atoms with E-state index in [1.165, 1.54) is 24.7 Å². The molecule has 1 spiro atoms. The van der Waals surface area contributed by atoms with E-state index in [2.05, 4.69) is 5.32 Å². The van der Waals surface area contributed by atoms with Crippen LogP contribution in [0.1, 0.15) is 38.8 Å². The zero-order valence-corrected chi connectivity index (χ0v) is 15.0. The summed E-state index contributed by atoms with van der Waals surface area (Å²) >= 11 is 0. The molecular weight excluding hydrogens is 324 g/mol. The Bertz CT molecular complexity index is 843. The second kappa shape index (κ2) is 5.86. The third kappa shape index (κ3) is 2.42. The second-order valence-corrected chi connectivity index (χ2v) is 7.30. The molecule has 2 heterocycles. The zero-order chi connectivity index (χ0) is 18.5. The topological polar surface area (TPSA) is 93.4 Å². The van der Waals surface area contributed by atoms with Gasteiger partial charge in [0.15, 0.2) is 0 Å². The van der Waals surface area contributed by atoms with Gasteiger partial charge in [-0.15, -0.1) is 0 Å². The molecule has 2 fully saturated rings. The Kier molecular flexibility index (Phi) is 4.09. The smallest absolute Gasteiger partial charge is 0.323 e. The van der Waals surface area contributed by atoms with Crippen molar-refractivity contribution in [2.45, 2.75) is 45.2 Å². The van der Waals surface area contributed by atoms with Crippen molar-refractivity contribution in [3.63, 3.8) is 0 Å². The summed E-state index contributed by atoms with van der Waals surface area (Å²) in [5.41, 5.74) is -1.48. The average Bonchev–Trinajstić information content (AvgIpc) is 2.81. The number of carbonyl (C=O) groups is 2. The largest absolute Gasteiger partial charge is 0.330 e. The number of rotatable bonds is 2. The monoisotopic (exact) mass is 348 g/mol. The van der Waals surface area contributed by atoms with Crippen LogP contribution >= 0.6 is 0 Å². The average molecular weight is 348 g/mol. The number of carbonyl (C=O) groups excluding carboxylic acids is 2. The summed E-state index contributed by atoms with van der Waals surface area (Å²) < 4.78 is 2.28. The molecule has 0 radical (unpaired) electrons. The van der Waals surface area contributed by atoms with Gasteiger partial charge in [-0.3, -0.25) is 23.6 Å². The van der Waals surface area contributed by atoms with Crippen LogP contribution in [-0.4, -0.2) is 31.5 Å². The van der Waals surface area contributed by atoms with Crippen molar-refractivity contribution in [2.24, 2.45) is 25.9 Å². The SMILES string of the molecule is C[C@@H]1CCC[C@H](C)C12NC(=O)N(Cc1cc(=O)n(C)c(=O)n1C)C2=O. The van der Waals surface area contributed by atoms with Gasteiger partial charge < -0.3 is 5.32 Å². The number of nitrogens with one attached hydrogen (secondary N) is 1. The number of hydrogen-bond donors (Lipinski definition) is 1. The van der Waals surface area contributed by atoms with Crippen LogP contribution in [0.3, 0.4) is 0 Å². The van der Waals surface area contributed by atoms with E-state index in [1.807, 2.05) is 13.8 Å². The van der Waals surface area contributed by atoms with E-state index in [0.29, 0.717) is 5.69 Å². The van der Waals surface area contributed by atoms with Gasteiger partial charge in [0.05, 0.1) is 6.54 Å². The fourth-order valence-corrected chi connectivity index (χ4v) is 4.19. The first kappa shape index (κ1) is 17.4. The van der Waals surface area contributed by atoms with Crippen molar-refractivity contribution >= 4 is 11.9 Å². The van der Waals surface area contributed by atoms with Crippen LogP contribution in [0.25, 0.3) is 0 Å². The highest BCUT2D eigenvalue weighted by molar-refractivity contribution is 6.07. The molecule has 0 aromatic carbocycles. The number of amides is 3. The van der Waals surface area contributed by atoms with Crippen LogP contribution in [0.5, 0.6) is 0 Å². The molecule has 1 aromatic heterocycles. The van der Waals surface area contributed by atoms with Crippen molar-refractivity contribution in [1.29, 1.82) is 0 Å². The van der Waals surface area contributed by atoms with E-state index >= 15 is 0 Å². The number of imide groups is 1. The Morgan fingerprint density at radius 3 is 2.28 bits per heavy atom. The maximum Gasteiger partial charge on any atom is 0.330 e. The van der Waals surface area contributed by atoms with E-state index < -0.39 is 22.8 Å². The maximum absolute atomic E-state index is 13.1. The number of hydrogen-bond acceptors (Lipinski definition) is 4. The van der Waals surface area contributed by atoms with Gasteiger partial charge in [-0.1, -0.05) is 20.3 Å². The lowest BCUT2D eigenvalue weighted by molar-refractivity contribution is -0.137. The lowest BCUT2D eigenvalue weighted by Crippen LogP contribution is -2.58. The fraction of sp³-hybridized carbons (Fsp3) is 0.647. The summed E-state index contributed by atoms with van der Waals surface area (Å²) in [5, 5.41) is 2.92. The van der Waals surface area contributed by atoms with Gasteiger partial charge in [-0.05, 0) is 24.7 Å². The molecule has 1 aliphatic carbocycles. The van der Waals surface area contributed by atoms with Crippen LogP contribution < -0.4 is 16.6 Å². The van der Waals surface area contributed by atoms with E-state index in [1.54, 1.807) is 0 Å². The van der Waals surface area contributed by atoms with Crippen LogP contribution in [0.15, 0.2) is 15.7 Å². The molecule has 8 heteroatoms. The van der Waals surface area contributed by atoms with Crippen molar-refractivity contribution in [2.75, 3.05) is 0 Å². The third-order valence-corrected chi connectivity index (χ3v) is 5.93. The molecule has 1 aromatic rings. The summed E-state index contributed by atoms with van der Waals surface area (Å²) in [7, 11) is 2.92. The van der Waals surface area contributed by atoms with Crippen molar-refractivity contribution in [1.82, 2.24) is 19.4 Å². The summed E-state index contributed by atoms with van der Waals surface area (Å²) in [6.07, 6.45) is 2.81. The molecule has 2 aliphatic rings. The molecule has 1 unspecified atom stereocenters. The third-order valence-electron chi connectivity index (χ3n) is 5.93. The lowest BCUT2D eigenvalue weighted by Gasteiger charge is -2.42. The Morgan fingerprint density at radius 2 is 1.68 bits per heavy atom. The summed E-state index contributed by atoms with van der Waals surface area (Å²) in [6, 6.07) is 0.833. The predicted octanol–water partition coefficient (Wildman–Crippen LogP) is 0.331. The first-order chi connectivity index (χ1) is 11.7. The standard InChI is InChI=1S/C17H24N4O4/c1-10-6-5-7-11(2)17(10)14(23)21(15(24)18-17)9-12-8-13(22)20(4)16(25)19(12)3/h8,10-11H,5-7,9H2,1-4H3,(H,18,24)/t10-,11+,17?. The molecule has 25 heavy (non-hydrogen) atoms. The van der Waals surface area contributed by atoms with Gasteiger partial charge in [0.25, 0.3) is 11.5 Å². The van der Waals surface area contributed by atoms with Crippen LogP contribution in [0.4, 0.5) is 4.79 Å². The quantitative estimate of drug-likeness (QED) is 0.780. The molecule has 0 bridgehead atoms. The summed E-state index contributed by atoms with van der Waals surface area (Å²) in [5.74, 6) is -0.166. The minimum absolute atomic E-state index is 0.0464. The highest BCUT2D eigenvalue weighted by Crippen LogP contribution is 2.42. The highest BCUT2D eigenvalue weighted by Gasteiger charge is 2.58. The second-order valence-electron chi connectivity index (χ2n) is 7.30. The maximum atomic E-state index is 13.1. The first-order valence-electron chi connectivity index (χ1n) is 8.60. The van der Waals surface area contributed by atoms with Crippen molar-refractivity contribution < 1.29 is 9.59 Å². The van der Waals surface area contributed by atoms with E-state index in [0.717, 1.165) is 28.7 Å². The number of urea groups is 1. The molecule has 136 valence electrons. The molecule has 1 aliphatic heterocycles. The van der Waals surface area contributed by atoms with Gasteiger partial charge in [0, 0.05) is 25.9 Å². The van der Waals surface area contributed by atoms with Crippen LogP contribution in [0.2, 0.25) is 0 Å². The van der Waals surface area contributed by atoms with Gasteiger partial charge >= 0.3 is 11.7 Å². The molecule has 3 rings (SSSR count). The van der Waals surface area contributed by atoms with E-state index in [-0.39, 0.29) is 24.3 Å². The van der Waals surface area contributed by atoms with Gasteiger partial charge in [0.2, 0.25) is 0 Å². The number of aromatic nitrogens is 2. The molecule has 3 atom stereocenters. The first-order valence-corrected chi connectivity index (χ1v) is 8.60. The molecule has 3 amide bonds. The molecule has 8 nitrogen and oxygen atoms in total. The predicted molar refractivity (Wildman–Crippen MR) is 90.9 cm³/mol. The fourth-order valence-electron chi connectivity index (χ4n) is 4.19. The Labute approximate surface area is 145 Å². The minimum Gasteiger partial charge on any atom is -0.323 e. The Hall–Kier alpha value is -2.38. The van der Waals surface area contributed by atoms with Crippen molar-refractivity contribution in [3.05, 3.63) is 32.6 Å². The van der Waals surface area contributed by atoms with Gasteiger partial charge in [-0.25, -0.2) is 9.59 Å². The minimum atomic E-state index is -0.881. The normalized spacial score (nSPS) is 29.4. The zero-order valence-electron chi connectivity index (χ0n) is 15.0. The van der Waals surface area contributed by atoms with Crippen LogP contribution in [-0.2, 0) is 25.4 Å². The molecule has 1 N–H and O–H groups in total. The lowest BCUT2D eigenvalue weighted by atomic mass is 9.67. The highest BCUT2D eigenvalue weighted by atomic mass is 16.2. The summed E-state index contributed by atoms with van der Waals surface area (Å²) in [6.45, 7) is 3.89. The van der Waals surface area contributed by atoms with Crippen LogP contribution in [0, 0.1) is 11.8 Å². The molecular formula is C17H24N4O4. The van der Waals surface area contributed by atoms with Gasteiger partial charge in [-0.2, -0.15) is 0 Å². The van der Waals surface area contributed by atoms with E-state index in [9.17, 15) is 19.2 Å².